The molecule has 2 aromatic rings. The van der Waals surface area contributed by atoms with Crippen molar-refractivity contribution in [1.29, 1.82) is 0 Å². The molecule has 0 aromatic heterocycles. The molecular weight excluding hydrogens is 410 g/mol. The molecule has 0 bridgehead atoms. The van der Waals surface area contributed by atoms with Gasteiger partial charge in [0.15, 0.2) is 0 Å². The predicted molar refractivity (Wildman–Crippen MR) is 133 cm³/mol. The van der Waals surface area contributed by atoms with Crippen molar-refractivity contribution in [2.24, 2.45) is 11.8 Å². The molecule has 33 heavy (non-hydrogen) atoms. The van der Waals surface area contributed by atoms with E-state index in [1.165, 1.54) is 30.4 Å². The average Bonchev–Trinajstić information content (AvgIpc) is 3.17. The van der Waals surface area contributed by atoms with Crippen molar-refractivity contribution in [3.63, 3.8) is 0 Å². The van der Waals surface area contributed by atoms with Crippen molar-refractivity contribution in [2.75, 3.05) is 44.7 Å². The van der Waals surface area contributed by atoms with Gasteiger partial charge in [-0.3, -0.25) is 9.59 Å². The highest BCUT2D eigenvalue weighted by molar-refractivity contribution is 5.99. The summed E-state index contributed by atoms with van der Waals surface area (Å²) in [5.74, 6) is 0.678. The minimum absolute atomic E-state index is 0.0654. The number of amides is 2. The van der Waals surface area contributed by atoms with Gasteiger partial charge in [-0.15, -0.1) is 0 Å². The second-order valence-corrected chi connectivity index (χ2v) is 9.83. The number of hydrogen-bond acceptors (Lipinski definition) is 3. The lowest BCUT2D eigenvalue weighted by molar-refractivity contribution is -0.127. The van der Waals surface area contributed by atoms with Crippen LogP contribution in [0.25, 0.3) is 0 Å². The largest absolute Gasteiger partial charge is 0.345 e. The molecule has 2 saturated heterocycles. The van der Waals surface area contributed by atoms with Crippen LogP contribution < -0.4 is 4.90 Å². The van der Waals surface area contributed by atoms with Crippen LogP contribution in [0.3, 0.4) is 0 Å². The van der Waals surface area contributed by atoms with Gasteiger partial charge in [0.1, 0.15) is 0 Å². The van der Waals surface area contributed by atoms with Gasteiger partial charge in [0.2, 0.25) is 11.8 Å². The minimum atomic E-state index is -0.238. The van der Waals surface area contributed by atoms with Crippen LogP contribution in [0.1, 0.15) is 36.8 Å². The maximum Gasteiger partial charge on any atom is 0.232 e. The molecule has 2 aromatic carbocycles. The number of anilines is 1. The molecule has 1 atom stereocenters. The lowest BCUT2D eigenvalue weighted by atomic mass is 9.90. The summed E-state index contributed by atoms with van der Waals surface area (Å²) in [4.78, 5) is 31.5. The summed E-state index contributed by atoms with van der Waals surface area (Å²) < 4.78 is 0. The van der Waals surface area contributed by atoms with Gasteiger partial charge in [-0.2, -0.15) is 0 Å². The van der Waals surface area contributed by atoms with Crippen LogP contribution in [-0.2, 0) is 16.0 Å². The molecule has 2 heterocycles. The standard InChI is InChI=1S/C28H37N3O2/c1-22-9-11-26(12-10-22)31(28(33)25-20-27(32)29(2)21-25)16-6-15-30-17-13-24(14-18-30)19-23-7-4-3-5-8-23/h3-5,7-12,24-25H,6,13-21H2,1-2H3. The fourth-order valence-electron chi connectivity index (χ4n) is 5.15. The molecule has 0 N–H and O–H groups in total. The maximum atomic E-state index is 13.4. The molecule has 176 valence electrons. The van der Waals surface area contributed by atoms with Crippen LogP contribution in [0.2, 0.25) is 0 Å². The highest BCUT2D eigenvalue weighted by Gasteiger charge is 2.35. The molecule has 0 radical (unpaired) electrons. The number of benzene rings is 2. The van der Waals surface area contributed by atoms with E-state index in [1.807, 2.05) is 17.0 Å². The van der Waals surface area contributed by atoms with Crippen LogP contribution in [0, 0.1) is 18.8 Å². The van der Waals surface area contributed by atoms with Crippen LogP contribution in [0.4, 0.5) is 5.69 Å². The summed E-state index contributed by atoms with van der Waals surface area (Å²) in [5, 5.41) is 0. The molecule has 4 rings (SSSR count). The number of aryl methyl sites for hydroxylation is 1. The van der Waals surface area contributed by atoms with E-state index in [9.17, 15) is 9.59 Å². The van der Waals surface area contributed by atoms with Gasteiger partial charge < -0.3 is 14.7 Å². The summed E-state index contributed by atoms with van der Waals surface area (Å²) in [6, 6.07) is 19.0. The summed E-state index contributed by atoms with van der Waals surface area (Å²) in [6.07, 6.45) is 4.93. The fraction of sp³-hybridized carbons (Fsp3) is 0.500. The Morgan fingerprint density at radius 3 is 2.36 bits per heavy atom. The third-order valence-electron chi connectivity index (χ3n) is 7.23. The molecule has 0 aliphatic carbocycles. The van der Waals surface area contributed by atoms with Crippen LogP contribution in [0.5, 0.6) is 0 Å². The Balaban J connectivity index is 1.29. The molecule has 1 unspecified atom stereocenters. The Morgan fingerprint density at radius 2 is 1.73 bits per heavy atom. The monoisotopic (exact) mass is 447 g/mol. The Kier molecular flexibility index (Phi) is 7.81. The highest BCUT2D eigenvalue weighted by atomic mass is 16.2. The van der Waals surface area contributed by atoms with E-state index >= 15 is 0 Å². The number of carbonyl (C=O) groups excluding carboxylic acids is 2. The summed E-state index contributed by atoms with van der Waals surface area (Å²) in [6.45, 7) is 6.56. The molecule has 2 aliphatic heterocycles. The molecule has 5 heteroatoms. The van der Waals surface area contributed by atoms with E-state index in [1.54, 1.807) is 11.9 Å². The molecule has 2 aliphatic rings. The van der Waals surface area contributed by atoms with Gasteiger partial charge in [0, 0.05) is 32.2 Å². The first kappa shape index (κ1) is 23.5. The van der Waals surface area contributed by atoms with E-state index in [0.717, 1.165) is 37.7 Å². The second kappa shape index (κ2) is 11.0. The summed E-state index contributed by atoms with van der Waals surface area (Å²) >= 11 is 0. The third kappa shape index (κ3) is 6.23. The zero-order valence-electron chi connectivity index (χ0n) is 20.1. The lowest BCUT2D eigenvalue weighted by Gasteiger charge is -2.33. The SMILES string of the molecule is Cc1ccc(N(CCCN2CCC(Cc3ccccc3)CC2)C(=O)C2CC(=O)N(C)C2)cc1. The zero-order valence-corrected chi connectivity index (χ0v) is 20.1. The molecule has 0 spiro atoms. The number of nitrogens with zero attached hydrogens (tertiary/aromatic N) is 3. The van der Waals surface area contributed by atoms with Crippen LogP contribution in [0.15, 0.2) is 54.6 Å². The first-order valence-corrected chi connectivity index (χ1v) is 12.4. The number of rotatable bonds is 8. The van der Waals surface area contributed by atoms with Gasteiger partial charge in [-0.05, 0) is 75.9 Å². The Labute approximate surface area is 198 Å². The second-order valence-electron chi connectivity index (χ2n) is 9.83. The van der Waals surface area contributed by atoms with Crippen molar-refractivity contribution >= 4 is 17.5 Å². The summed E-state index contributed by atoms with van der Waals surface area (Å²) in [7, 11) is 1.78. The smallest absolute Gasteiger partial charge is 0.232 e. The van der Waals surface area contributed by atoms with E-state index < -0.39 is 0 Å². The molecule has 5 nitrogen and oxygen atoms in total. The molecular formula is C28H37N3O2. The number of piperidine rings is 1. The van der Waals surface area contributed by atoms with Gasteiger partial charge in [0.05, 0.1) is 5.92 Å². The van der Waals surface area contributed by atoms with Crippen molar-refractivity contribution in [2.45, 2.75) is 39.0 Å². The number of hydrogen-bond donors (Lipinski definition) is 0. The molecule has 2 fully saturated rings. The topological polar surface area (TPSA) is 43.9 Å². The molecule has 0 saturated carbocycles. The van der Waals surface area contributed by atoms with Crippen molar-refractivity contribution in [3.05, 3.63) is 65.7 Å². The first-order valence-electron chi connectivity index (χ1n) is 12.4. The zero-order chi connectivity index (χ0) is 23.2. The van der Waals surface area contributed by atoms with E-state index in [4.69, 9.17) is 0 Å². The lowest BCUT2D eigenvalue weighted by Crippen LogP contribution is -2.40. The summed E-state index contributed by atoms with van der Waals surface area (Å²) in [5.41, 5.74) is 3.56. The van der Waals surface area contributed by atoms with Gasteiger partial charge >= 0.3 is 0 Å². The van der Waals surface area contributed by atoms with E-state index in [0.29, 0.717) is 19.5 Å². The Hall–Kier alpha value is -2.66. The minimum Gasteiger partial charge on any atom is -0.345 e. The van der Waals surface area contributed by atoms with Gasteiger partial charge in [0.25, 0.3) is 0 Å². The Morgan fingerprint density at radius 1 is 1.03 bits per heavy atom. The van der Waals surface area contributed by atoms with E-state index in [-0.39, 0.29) is 17.7 Å². The maximum absolute atomic E-state index is 13.4. The number of carbonyl (C=O) groups is 2. The molecule has 2 amide bonds. The third-order valence-corrected chi connectivity index (χ3v) is 7.23. The van der Waals surface area contributed by atoms with Crippen molar-refractivity contribution in [1.82, 2.24) is 9.80 Å². The highest BCUT2D eigenvalue weighted by Crippen LogP contribution is 2.25. The van der Waals surface area contributed by atoms with Crippen LogP contribution in [-0.4, -0.2) is 61.4 Å². The van der Waals surface area contributed by atoms with Crippen molar-refractivity contribution in [3.8, 4) is 0 Å². The van der Waals surface area contributed by atoms with Crippen molar-refractivity contribution < 1.29 is 9.59 Å². The van der Waals surface area contributed by atoms with Gasteiger partial charge in [-0.1, -0.05) is 48.0 Å². The number of likely N-dealkylation sites (tertiary alicyclic amines) is 2. The first-order chi connectivity index (χ1) is 16.0. The predicted octanol–water partition coefficient (Wildman–Crippen LogP) is 4.15. The van der Waals surface area contributed by atoms with Gasteiger partial charge in [-0.25, -0.2) is 0 Å². The average molecular weight is 448 g/mol. The van der Waals surface area contributed by atoms with Crippen LogP contribution >= 0.6 is 0 Å². The quantitative estimate of drug-likeness (QED) is 0.611. The Bertz CT molecular complexity index is 920. The fourth-order valence-corrected chi connectivity index (χ4v) is 5.15. The van der Waals surface area contributed by atoms with E-state index in [2.05, 4.69) is 54.3 Å². The normalized spacial score (nSPS) is 19.8.